The molecule has 0 atom stereocenters. The Kier molecular flexibility index (Phi) is 3.33. The Morgan fingerprint density at radius 1 is 1.40 bits per heavy atom. The van der Waals surface area contributed by atoms with Crippen LogP contribution in [0, 0.1) is 0 Å². The van der Waals surface area contributed by atoms with Crippen LogP contribution in [0.15, 0.2) is 35.8 Å². The molecule has 0 fully saturated rings. The number of ether oxygens (including phenoxy) is 1. The monoisotopic (exact) mass is 289 g/mol. The maximum atomic E-state index is 9.63. The zero-order valence-electron chi connectivity index (χ0n) is 11.3. The zero-order chi connectivity index (χ0) is 14.1. The standard InChI is InChI=1S/C14H15N3O2S/c1-16(10-5-3-4-6-12(10)19-2)13-11(9-18)17-7-8-20-14(17)15-13/h3-8,18H,9H2,1-2H3. The van der Waals surface area contributed by atoms with E-state index in [9.17, 15) is 5.11 Å². The molecule has 0 spiro atoms. The lowest BCUT2D eigenvalue weighted by Crippen LogP contribution is -2.13. The summed E-state index contributed by atoms with van der Waals surface area (Å²) in [6.45, 7) is -0.0628. The number of benzene rings is 1. The van der Waals surface area contributed by atoms with Gasteiger partial charge >= 0.3 is 0 Å². The molecule has 0 aliphatic heterocycles. The van der Waals surface area contributed by atoms with Crippen LogP contribution >= 0.6 is 11.3 Å². The van der Waals surface area contributed by atoms with Gasteiger partial charge in [-0.1, -0.05) is 12.1 Å². The lowest BCUT2D eigenvalue weighted by molar-refractivity contribution is 0.276. The van der Waals surface area contributed by atoms with Crippen molar-refractivity contribution in [3.63, 3.8) is 0 Å². The van der Waals surface area contributed by atoms with Crippen molar-refractivity contribution in [2.24, 2.45) is 0 Å². The molecule has 1 N–H and O–H groups in total. The van der Waals surface area contributed by atoms with Crippen molar-refractivity contribution in [3.05, 3.63) is 41.5 Å². The number of aromatic nitrogens is 2. The Hall–Kier alpha value is -2.05. The van der Waals surface area contributed by atoms with E-state index in [-0.39, 0.29) is 6.61 Å². The Morgan fingerprint density at radius 2 is 2.20 bits per heavy atom. The molecule has 0 saturated carbocycles. The summed E-state index contributed by atoms with van der Waals surface area (Å²) in [6.07, 6.45) is 1.91. The molecular weight excluding hydrogens is 274 g/mol. The third-order valence-electron chi connectivity index (χ3n) is 3.25. The van der Waals surface area contributed by atoms with E-state index in [4.69, 9.17) is 4.74 Å². The summed E-state index contributed by atoms with van der Waals surface area (Å²) in [5, 5.41) is 11.6. The minimum Gasteiger partial charge on any atom is -0.495 e. The predicted molar refractivity (Wildman–Crippen MR) is 80.0 cm³/mol. The third-order valence-corrected chi connectivity index (χ3v) is 4.01. The van der Waals surface area contributed by atoms with Gasteiger partial charge in [-0.05, 0) is 12.1 Å². The maximum Gasteiger partial charge on any atom is 0.195 e. The van der Waals surface area contributed by atoms with Crippen LogP contribution in [-0.4, -0.2) is 28.6 Å². The normalized spacial score (nSPS) is 10.9. The SMILES string of the molecule is COc1ccccc1N(C)c1nc2sccn2c1CO. The van der Waals surface area contributed by atoms with E-state index in [1.165, 1.54) is 0 Å². The largest absolute Gasteiger partial charge is 0.495 e. The van der Waals surface area contributed by atoms with Crippen LogP contribution in [0.25, 0.3) is 4.96 Å². The van der Waals surface area contributed by atoms with Crippen molar-refractivity contribution in [2.75, 3.05) is 19.1 Å². The van der Waals surface area contributed by atoms with Crippen molar-refractivity contribution in [3.8, 4) is 5.75 Å². The molecular formula is C14H15N3O2S. The molecule has 0 radical (unpaired) electrons. The number of para-hydroxylation sites is 2. The van der Waals surface area contributed by atoms with Crippen molar-refractivity contribution in [1.29, 1.82) is 0 Å². The van der Waals surface area contributed by atoms with E-state index in [1.54, 1.807) is 18.4 Å². The number of hydrogen-bond acceptors (Lipinski definition) is 5. The summed E-state index contributed by atoms with van der Waals surface area (Å²) < 4.78 is 7.29. The van der Waals surface area contributed by atoms with E-state index in [0.717, 1.165) is 27.9 Å². The van der Waals surface area contributed by atoms with Crippen LogP contribution < -0.4 is 9.64 Å². The molecule has 0 aliphatic rings. The lowest BCUT2D eigenvalue weighted by atomic mass is 10.2. The van der Waals surface area contributed by atoms with Gasteiger partial charge in [0.25, 0.3) is 0 Å². The summed E-state index contributed by atoms with van der Waals surface area (Å²) in [7, 11) is 3.56. The van der Waals surface area contributed by atoms with Crippen LogP contribution in [0.3, 0.4) is 0 Å². The van der Waals surface area contributed by atoms with Crippen LogP contribution in [0.2, 0.25) is 0 Å². The lowest BCUT2D eigenvalue weighted by Gasteiger charge is -2.20. The fourth-order valence-corrected chi connectivity index (χ4v) is 2.99. The summed E-state index contributed by atoms with van der Waals surface area (Å²) in [6, 6.07) is 7.75. The molecule has 1 aromatic carbocycles. The minimum atomic E-state index is -0.0628. The van der Waals surface area contributed by atoms with Crippen LogP contribution in [0.5, 0.6) is 5.75 Å². The van der Waals surface area contributed by atoms with E-state index in [0.29, 0.717) is 0 Å². The molecule has 0 unspecified atom stereocenters. The Bertz CT molecular complexity index is 735. The average molecular weight is 289 g/mol. The van der Waals surface area contributed by atoms with Crippen LogP contribution in [-0.2, 0) is 6.61 Å². The molecule has 0 amide bonds. The Balaban J connectivity index is 2.12. The van der Waals surface area contributed by atoms with Gasteiger partial charge in [0.1, 0.15) is 5.75 Å². The molecule has 0 bridgehead atoms. The average Bonchev–Trinajstić information content (AvgIpc) is 3.06. The molecule has 3 rings (SSSR count). The topological polar surface area (TPSA) is 50.0 Å². The molecule has 20 heavy (non-hydrogen) atoms. The van der Waals surface area contributed by atoms with Gasteiger partial charge in [-0.15, -0.1) is 11.3 Å². The predicted octanol–water partition coefficient (Wildman–Crippen LogP) is 2.66. The van der Waals surface area contributed by atoms with Crippen LogP contribution in [0.4, 0.5) is 11.5 Å². The number of rotatable bonds is 4. The fourth-order valence-electron chi connectivity index (χ4n) is 2.26. The van der Waals surface area contributed by atoms with E-state index in [1.807, 2.05) is 52.2 Å². The summed E-state index contributed by atoms with van der Waals surface area (Å²) in [5.41, 5.74) is 1.69. The summed E-state index contributed by atoms with van der Waals surface area (Å²) in [5.74, 6) is 1.51. The highest BCUT2D eigenvalue weighted by Crippen LogP contribution is 2.34. The van der Waals surface area contributed by atoms with Crippen LogP contribution in [0.1, 0.15) is 5.69 Å². The number of methoxy groups -OCH3 is 1. The molecule has 5 nitrogen and oxygen atoms in total. The molecule has 3 aromatic rings. The maximum absolute atomic E-state index is 9.63. The first-order chi connectivity index (χ1) is 9.76. The zero-order valence-corrected chi connectivity index (χ0v) is 12.1. The second-order valence-electron chi connectivity index (χ2n) is 4.33. The second kappa shape index (κ2) is 5.15. The number of anilines is 2. The molecule has 0 saturated heterocycles. The number of imidazole rings is 1. The van der Waals surface area contributed by atoms with Crippen molar-refractivity contribution >= 4 is 27.8 Å². The Labute approximate surface area is 120 Å². The smallest absolute Gasteiger partial charge is 0.195 e. The van der Waals surface area contributed by atoms with Gasteiger partial charge in [0.2, 0.25) is 0 Å². The van der Waals surface area contributed by atoms with Crippen molar-refractivity contribution in [1.82, 2.24) is 9.38 Å². The van der Waals surface area contributed by atoms with Gasteiger partial charge in [0, 0.05) is 18.6 Å². The highest BCUT2D eigenvalue weighted by molar-refractivity contribution is 7.15. The van der Waals surface area contributed by atoms with E-state index >= 15 is 0 Å². The number of aliphatic hydroxyl groups is 1. The van der Waals surface area contributed by atoms with Gasteiger partial charge in [0.15, 0.2) is 10.8 Å². The van der Waals surface area contributed by atoms with Gasteiger partial charge in [0.05, 0.1) is 25.1 Å². The third kappa shape index (κ3) is 1.93. The highest BCUT2D eigenvalue weighted by Gasteiger charge is 2.18. The number of nitrogens with zero attached hydrogens (tertiary/aromatic N) is 3. The molecule has 6 heteroatoms. The molecule has 104 valence electrons. The summed E-state index contributed by atoms with van der Waals surface area (Å²) in [4.78, 5) is 7.39. The number of thiazole rings is 1. The van der Waals surface area contributed by atoms with Gasteiger partial charge in [-0.25, -0.2) is 4.98 Å². The van der Waals surface area contributed by atoms with E-state index in [2.05, 4.69) is 4.98 Å². The van der Waals surface area contributed by atoms with Gasteiger partial charge in [-0.3, -0.25) is 4.40 Å². The second-order valence-corrected chi connectivity index (χ2v) is 5.20. The van der Waals surface area contributed by atoms with Gasteiger partial charge in [-0.2, -0.15) is 0 Å². The van der Waals surface area contributed by atoms with E-state index < -0.39 is 0 Å². The quantitative estimate of drug-likeness (QED) is 0.802. The minimum absolute atomic E-state index is 0.0628. The fraction of sp³-hybridized carbons (Fsp3) is 0.214. The first-order valence-electron chi connectivity index (χ1n) is 6.18. The number of fused-ring (bicyclic) bond motifs is 1. The van der Waals surface area contributed by atoms with Crippen molar-refractivity contribution < 1.29 is 9.84 Å². The molecule has 2 aromatic heterocycles. The molecule has 0 aliphatic carbocycles. The number of aliphatic hydroxyl groups excluding tert-OH is 1. The summed E-state index contributed by atoms with van der Waals surface area (Å²) >= 11 is 1.54. The Morgan fingerprint density at radius 3 is 2.95 bits per heavy atom. The first-order valence-corrected chi connectivity index (χ1v) is 7.06. The number of hydrogen-bond donors (Lipinski definition) is 1. The van der Waals surface area contributed by atoms with Gasteiger partial charge < -0.3 is 14.7 Å². The molecule has 2 heterocycles. The first kappa shape index (κ1) is 13.0. The van der Waals surface area contributed by atoms with Crippen molar-refractivity contribution in [2.45, 2.75) is 6.61 Å². The highest BCUT2D eigenvalue weighted by atomic mass is 32.1.